The Morgan fingerprint density at radius 3 is 2.40 bits per heavy atom. The van der Waals surface area contributed by atoms with Crippen LogP contribution in [0.2, 0.25) is 0 Å². The Morgan fingerprint density at radius 1 is 1.40 bits per heavy atom. The van der Waals surface area contributed by atoms with Gasteiger partial charge in [-0.3, -0.25) is 4.79 Å². The van der Waals surface area contributed by atoms with Gasteiger partial charge >= 0.3 is 35.5 Å². The van der Waals surface area contributed by atoms with Gasteiger partial charge in [-0.1, -0.05) is 19.8 Å². The number of rotatable bonds is 4. The fourth-order valence-electron chi connectivity index (χ4n) is 0.621. The predicted octanol–water partition coefficient (Wildman–Crippen LogP) is 1.09. The molecule has 0 heterocycles. The van der Waals surface area contributed by atoms with E-state index in [1.165, 1.54) is 7.11 Å². The average molecular weight is 154 g/mol. The fourth-order valence-corrected chi connectivity index (χ4v) is 0.621. The number of methoxy groups -OCH3 is 1. The van der Waals surface area contributed by atoms with Crippen molar-refractivity contribution in [2.24, 2.45) is 0 Å². The molecule has 0 aliphatic carbocycles. The Balaban J connectivity index is 0. The third-order valence-corrected chi connectivity index (χ3v) is 1.21. The number of hydrogen-bond donors (Lipinski definition) is 0. The van der Waals surface area contributed by atoms with Gasteiger partial charge in [0.2, 0.25) is 0 Å². The van der Waals surface area contributed by atoms with Crippen LogP contribution in [0.25, 0.3) is 0 Å². The van der Waals surface area contributed by atoms with E-state index >= 15 is 0 Å². The molecule has 0 radical (unpaired) electrons. The number of carbonyl (C=O) groups is 1. The number of unbranched alkanes of at least 4 members (excludes halogenated alkanes) is 2. The standard InChI is InChI=1S/C7H14O2.Na.H/c1-3-4-5-6-7(8)9-2;;/h3-6H2,1-2H3;;. The molecule has 0 aromatic heterocycles. The molecule has 0 saturated heterocycles. The molecule has 2 nitrogen and oxygen atoms in total. The van der Waals surface area contributed by atoms with Crippen LogP contribution in [0.15, 0.2) is 0 Å². The monoisotopic (exact) mass is 154 g/mol. The van der Waals surface area contributed by atoms with Gasteiger partial charge in [-0.2, -0.15) is 0 Å². The van der Waals surface area contributed by atoms with Crippen molar-refractivity contribution in [2.75, 3.05) is 7.11 Å². The molecule has 0 rings (SSSR count). The maximum absolute atomic E-state index is 10.5. The molecule has 56 valence electrons. The van der Waals surface area contributed by atoms with E-state index in [1.54, 1.807) is 0 Å². The first-order chi connectivity index (χ1) is 4.31. The Morgan fingerprint density at radius 2 is 2.00 bits per heavy atom. The second kappa shape index (κ2) is 9.47. The first kappa shape index (κ1) is 13.1. The fraction of sp³-hybridized carbons (Fsp3) is 0.857. The van der Waals surface area contributed by atoms with Crippen LogP contribution in [0, 0.1) is 0 Å². The molecule has 0 fully saturated rings. The molecule has 10 heavy (non-hydrogen) atoms. The van der Waals surface area contributed by atoms with Crippen LogP contribution in [0.1, 0.15) is 32.6 Å². The van der Waals surface area contributed by atoms with E-state index in [2.05, 4.69) is 11.7 Å². The second-order valence-electron chi connectivity index (χ2n) is 2.03. The molecule has 0 unspecified atom stereocenters. The number of ether oxygens (including phenoxy) is 1. The van der Waals surface area contributed by atoms with Crippen molar-refractivity contribution in [1.82, 2.24) is 0 Å². The summed E-state index contributed by atoms with van der Waals surface area (Å²) in [5, 5.41) is 0. The summed E-state index contributed by atoms with van der Waals surface area (Å²) in [6.45, 7) is 2.11. The summed E-state index contributed by atoms with van der Waals surface area (Å²) in [7, 11) is 1.42. The molecule has 0 aliphatic heterocycles. The summed E-state index contributed by atoms with van der Waals surface area (Å²) >= 11 is 0. The zero-order valence-electron chi connectivity index (χ0n) is 6.14. The van der Waals surface area contributed by atoms with Gasteiger partial charge in [-0.15, -0.1) is 0 Å². The first-order valence-corrected chi connectivity index (χ1v) is 3.38. The minimum atomic E-state index is -0.0940. The number of carbonyl (C=O) groups excluding carboxylic acids is 1. The van der Waals surface area contributed by atoms with Gasteiger partial charge in [0, 0.05) is 6.42 Å². The minimum absolute atomic E-state index is 0. The molecule has 0 aliphatic rings. The average Bonchev–Trinajstić information content (AvgIpc) is 1.89. The Kier molecular flexibility index (Phi) is 12.4. The molecule has 0 aromatic carbocycles. The van der Waals surface area contributed by atoms with Crippen LogP contribution in [0.5, 0.6) is 0 Å². The molecular weight excluding hydrogens is 139 g/mol. The van der Waals surface area contributed by atoms with E-state index in [9.17, 15) is 4.79 Å². The van der Waals surface area contributed by atoms with E-state index in [-0.39, 0.29) is 35.5 Å². The summed E-state index contributed by atoms with van der Waals surface area (Å²) in [5.74, 6) is -0.0940. The number of hydrogen-bond acceptors (Lipinski definition) is 2. The van der Waals surface area contributed by atoms with Crippen LogP contribution in [0.3, 0.4) is 0 Å². The topological polar surface area (TPSA) is 26.3 Å². The summed E-state index contributed by atoms with van der Waals surface area (Å²) in [4.78, 5) is 10.5. The normalized spacial score (nSPS) is 8.20. The molecule has 0 N–H and O–H groups in total. The van der Waals surface area contributed by atoms with Gasteiger partial charge in [0.05, 0.1) is 7.11 Å². The van der Waals surface area contributed by atoms with Crippen LogP contribution in [-0.2, 0) is 9.53 Å². The van der Waals surface area contributed by atoms with Crippen LogP contribution < -0.4 is 0 Å². The van der Waals surface area contributed by atoms with Gasteiger partial charge in [-0.25, -0.2) is 0 Å². The summed E-state index contributed by atoms with van der Waals surface area (Å²) in [5.41, 5.74) is 0. The zero-order valence-corrected chi connectivity index (χ0v) is 6.14. The quantitative estimate of drug-likeness (QED) is 0.344. The van der Waals surface area contributed by atoms with Crippen LogP contribution in [0.4, 0.5) is 0 Å². The summed E-state index contributed by atoms with van der Waals surface area (Å²) in [6, 6.07) is 0. The maximum atomic E-state index is 10.5. The predicted molar refractivity (Wildman–Crippen MR) is 43.3 cm³/mol. The molecule has 0 amide bonds. The van der Waals surface area contributed by atoms with Crippen molar-refractivity contribution in [3.05, 3.63) is 0 Å². The van der Waals surface area contributed by atoms with E-state index < -0.39 is 0 Å². The van der Waals surface area contributed by atoms with E-state index in [0.717, 1.165) is 19.3 Å². The third kappa shape index (κ3) is 8.47. The Bertz CT molecular complexity index is 83.7. The molecular formula is C7H15NaO2. The van der Waals surface area contributed by atoms with Crippen molar-refractivity contribution in [3.8, 4) is 0 Å². The van der Waals surface area contributed by atoms with Gasteiger partial charge in [0.1, 0.15) is 0 Å². The molecule has 0 atom stereocenters. The molecule has 3 heteroatoms. The number of esters is 1. The Hall–Kier alpha value is 0.470. The van der Waals surface area contributed by atoms with E-state index in [0.29, 0.717) is 6.42 Å². The molecule has 0 aromatic rings. The van der Waals surface area contributed by atoms with Crippen molar-refractivity contribution in [3.63, 3.8) is 0 Å². The molecule has 0 spiro atoms. The Labute approximate surface area is 84.6 Å². The van der Waals surface area contributed by atoms with Crippen molar-refractivity contribution in [2.45, 2.75) is 32.6 Å². The SMILES string of the molecule is CCCCCC(=O)OC.[NaH]. The van der Waals surface area contributed by atoms with Gasteiger partial charge in [0.25, 0.3) is 0 Å². The van der Waals surface area contributed by atoms with Gasteiger partial charge < -0.3 is 4.74 Å². The van der Waals surface area contributed by atoms with E-state index in [4.69, 9.17) is 0 Å². The summed E-state index contributed by atoms with van der Waals surface area (Å²) in [6.07, 6.45) is 3.81. The van der Waals surface area contributed by atoms with Gasteiger partial charge in [-0.05, 0) is 6.42 Å². The molecule has 0 saturated carbocycles. The van der Waals surface area contributed by atoms with Crippen molar-refractivity contribution >= 4 is 35.5 Å². The van der Waals surface area contributed by atoms with E-state index in [1.807, 2.05) is 0 Å². The van der Waals surface area contributed by atoms with Crippen LogP contribution >= 0.6 is 0 Å². The summed E-state index contributed by atoms with van der Waals surface area (Å²) < 4.78 is 4.46. The van der Waals surface area contributed by atoms with Gasteiger partial charge in [0.15, 0.2) is 0 Å². The second-order valence-corrected chi connectivity index (χ2v) is 2.03. The van der Waals surface area contributed by atoms with Crippen LogP contribution in [-0.4, -0.2) is 42.6 Å². The first-order valence-electron chi connectivity index (χ1n) is 3.38. The third-order valence-electron chi connectivity index (χ3n) is 1.21. The van der Waals surface area contributed by atoms with Crippen molar-refractivity contribution < 1.29 is 9.53 Å². The zero-order chi connectivity index (χ0) is 7.11. The molecule has 0 bridgehead atoms. The van der Waals surface area contributed by atoms with Crippen molar-refractivity contribution in [1.29, 1.82) is 0 Å².